The molecule has 3 N–H and O–H groups in total. The van der Waals surface area contributed by atoms with E-state index in [1.165, 1.54) is 12.8 Å². The van der Waals surface area contributed by atoms with E-state index in [4.69, 9.17) is 5.73 Å². The first kappa shape index (κ1) is 12.2. The van der Waals surface area contributed by atoms with Crippen LogP contribution in [0.3, 0.4) is 0 Å². The second-order valence-corrected chi connectivity index (χ2v) is 6.41. The normalized spacial score (nSPS) is 31.4. The first-order valence-electron chi connectivity index (χ1n) is 6.24. The van der Waals surface area contributed by atoms with Gasteiger partial charge in [-0.2, -0.15) is 11.8 Å². The minimum atomic E-state index is 0.183. The highest BCUT2D eigenvalue weighted by Gasteiger charge is 2.42. The highest BCUT2D eigenvalue weighted by molar-refractivity contribution is 8.00. The fourth-order valence-electron chi connectivity index (χ4n) is 2.64. The van der Waals surface area contributed by atoms with Gasteiger partial charge in [-0.25, -0.2) is 0 Å². The lowest BCUT2D eigenvalue weighted by molar-refractivity contribution is -0.125. The summed E-state index contributed by atoms with van der Waals surface area (Å²) >= 11 is 1.89. The molecule has 0 aromatic carbocycles. The van der Waals surface area contributed by atoms with Gasteiger partial charge in [0.1, 0.15) is 0 Å². The zero-order valence-electron chi connectivity index (χ0n) is 10.00. The van der Waals surface area contributed by atoms with Gasteiger partial charge in [-0.15, -0.1) is 0 Å². The molecule has 2 fully saturated rings. The Morgan fingerprint density at radius 2 is 2.25 bits per heavy atom. The average molecular weight is 242 g/mol. The lowest BCUT2D eigenvalue weighted by atomic mass is 9.95. The SMILES string of the molecule is CSC1(CNC(=O)C2CCCC2CN)CC1. The van der Waals surface area contributed by atoms with E-state index >= 15 is 0 Å². The summed E-state index contributed by atoms with van der Waals surface area (Å²) in [6.07, 6.45) is 7.95. The molecular weight excluding hydrogens is 220 g/mol. The van der Waals surface area contributed by atoms with E-state index in [9.17, 15) is 4.79 Å². The van der Waals surface area contributed by atoms with Crippen molar-refractivity contribution in [2.45, 2.75) is 36.9 Å². The summed E-state index contributed by atoms with van der Waals surface area (Å²) in [7, 11) is 0. The van der Waals surface area contributed by atoms with Gasteiger partial charge in [0, 0.05) is 17.2 Å². The molecule has 2 saturated carbocycles. The van der Waals surface area contributed by atoms with E-state index in [-0.39, 0.29) is 11.8 Å². The highest BCUT2D eigenvalue weighted by Crippen LogP contribution is 2.46. The first-order valence-corrected chi connectivity index (χ1v) is 7.46. The van der Waals surface area contributed by atoms with Crippen molar-refractivity contribution >= 4 is 17.7 Å². The minimum Gasteiger partial charge on any atom is -0.354 e. The summed E-state index contributed by atoms with van der Waals surface area (Å²) < 4.78 is 0.368. The number of hydrogen-bond acceptors (Lipinski definition) is 3. The molecule has 0 aliphatic heterocycles. The quantitative estimate of drug-likeness (QED) is 0.765. The maximum absolute atomic E-state index is 12.0. The number of hydrogen-bond donors (Lipinski definition) is 2. The third kappa shape index (κ3) is 2.54. The van der Waals surface area contributed by atoms with Crippen LogP contribution in [0.2, 0.25) is 0 Å². The summed E-state index contributed by atoms with van der Waals surface area (Å²) in [5.74, 6) is 0.848. The van der Waals surface area contributed by atoms with Crippen LogP contribution in [-0.2, 0) is 4.79 Å². The zero-order valence-corrected chi connectivity index (χ0v) is 10.8. The van der Waals surface area contributed by atoms with Crippen LogP contribution < -0.4 is 11.1 Å². The summed E-state index contributed by atoms with van der Waals surface area (Å²) in [4.78, 5) is 12.0. The van der Waals surface area contributed by atoms with Crippen LogP contribution in [0.25, 0.3) is 0 Å². The van der Waals surface area contributed by atoms with Crippen LogP contribution in [0.4, 0.5) is 0 Å². The molecule has 2 aliphatic carbocycles. The number of nitrogens with two attached hydrogens (primary N) is 1. The number of thioether (sulfide) groups is 1. The molecule has 4 heteroatoms. The Morgan fingerprint density at radius 3 is 2.81 bits per heavy atom. The summed E-state index contributed by atoms with van der Waals surface area (Å²) in [5.41, 5.74) is 5.70. The molecule has 2 aliphatic rings. The molecule has 2 unspecified atom stereocenters. The molecular formula is C12H22N2OS. The molecule has 0 saturated heterocycles. The van der Waals surface area contributed by atoms with Gasteiger partial charge >= 0.3 is 0 Å². The van der Waals surface area contributed by atoms with E-state index in [0.717, 1.165) is 25.8 Å². The van der Waals surface area contributed by atoms with Gasteiger partial charge in [0.05, 0.1) is 0 Å². The molecule has 0 spiro atoms. The summed E-state index contributed by atoms with van der Waals surface area (Å²) in [6, 6.07) is 0. The van der Waals surface area contributed by atoms with E-state index in [2.05, 4.69) is 11.6 Å². The predicted octanol–water partition coefficient (Wildman–Crippen LogP) is 1.37. The highest BCUT2D eigenvalue weighted by atomic mass is 32.2. The summed E-state index contributed by atoms with van der Waals surface area (Å²) in [5, 5.41) is 3.13. The fourth-order valence-corrected chi connectivity index (χ4v) is 3.36. The Hall–Kier alpha value is -0.220. The van der Waals surface area contributed by atoms with Crippen molar-refractivity contribution in [2.24, 2.45) is 17.6 Å². The molecule has 0 aromatic heterocycles. The van der Waals surface area contributed by atoms with Crippen LogP contribution in [0.1, 0.15) is 32.1 Å². The van der Waals surface area contributed by atoms with Gasteiger partial charge in [0.25, 0.3) is 0 Å². The van der Waals surface area contributed by atoms with Gasteiger partial charge in [-0.05, 0) is 44.4 Å². The van der Waals surface area contributed by atoms with Crippen LogP contribution in [0.5, 0.6) is 0 Å². The second-order valence-electron chi connectivity index (χ2n) is 5.14. The third-order valence-corrected chi connectivity index (χ3v) is 5.54. The molecule has 2 atom stereocenters. The van der Waals surface area contributed by atoms with Crippen molar-refractivity contribution in [3.05, 3.63) is 0 Å². The summed E-state index contributed by atoms with van der Waals surface area (Å²) in [6.45, 7) is 1.51. The van der Waals surface area contributed by atoms with E-state index < -0.39 is 0 Å². The Kier molecular flexibility index (Phi) is 3.80. The number of amides is 1. The molecule has 0 heterocycles. The molecule has 1 amide bonds. The van der Waals surface area contributed by atoms with Gasteiger partial charge in [-0.3, -0.25) is 4.79 Å². The van der Waals surface area contributed by atoms with Crippen molar-refractivity contribution in [1.29, 1.82) is 0 Å². The Labute approximate surface area is 102 Å². The van der Waals surface area contributed by atoms with Crippen LogP contribution in [0.15, 0.2) is 0 Å². The predicted molar refractivity (Wildman–Crippen MR) is 68.4 cm³/mol. The van der Waals surface area contributed by atoms with Crippen LogP contribution in [0, 0.1) is 11.8 Å². The van der Waals surface area contributed by atoms with E-state index in [0.29, 0.717) is 17.2 Å². The molecule has 92 valence electrons. The molecule has 3 nitrogen and oxygen atoms in total. The molecule has 0 radical (unpaired) electrons. The maximum atomic E-state index is 12.0. The zero-order chi connectivity index (χ0) is 11.6. The monoisotopic (exact) mass is 242 g/mol. The van der Waals surface area contributed by atoms with Gasteiger partial charge in [-0.1, -0.05) is 6.42 Å². The largest absolute Gasteiger partial charge is 0.354 e. The number of rotatable bonds is 5. The van der Waals surface area contributed by atoms with Gasteiger partial charge in [0.15, 0.2) is 0 Å². The van der Waals surface area contributed by atoms with Crippen molar-refractivity contribution in [1.82, 2.24) is 5.32 Å². The average Bonchev–Trinajstić information content (AvgIpc) is 2.94. The number of carbonyl (C=O) groups is 1. The van der Waals surface area contributed by atoms with Crippen molar-refractivity contribution in [3.8, 4) is 0 Å². The van der Waals surface area contributed by atoms with Crippen LogP contribution >= 0.6 is 11.8 Å². The van der Waals surface area contributed by atoms with Crippen LogP contribution in [-0.4, -0.2) is 30.0 Å². The van der Waals surface area contributed by atoms with Crippen molar-refractivity contribution in [2.75, 3.05) is 19.3 Å². The maximum Gasteiger partial charge on any atom is 0.223 e. The fraction of sp³-hybridized carbons (Fsp3) is 0.917. The molecule has 0 aromatic rings. The van der Waals surface area contributed by atoms with E-state index in [1.54, 1.807) is 0 Å². The van der Waals surface area contributed by atoms with Gasteiger partial charge < -0.3 is 11.1 Å². The van der Waals surface area contributed by atoms with Crippen molar-refractivity contribution < 1.29 is 4.79 Å². The molecule has 0 bridgehead atoms. The number of carbonyl (C=O) groups excluding carboxylic acids is 1. The Balaban J connectivity index is 1.79. The Bertz CT molecular complexity index is 266. The standard InChI is InChI=1S/C12H22N2OS/c1-16-12(5-6-12)8-14-11(15)10-4-2-3-9(10)7-13/h9-10H,2-8,13H2,1H3,(H,14,15). The van der Waals surface area contributed by atoms with Gasteiger partial charge in [0.2, 0.25) is 5.91 Å². The number of nitrogens with one attached hydrogen (secondary N) is 1. The first-order chi connectivity index (χ1) is 7.71. The second kappa shape index (κ2) is 4.96. The topological polar surface area (TPSA) is 55.1 Å². The van der Waals surface area contributed by atoms with E-state index in [1.807, 2.05) is 11.8 Å². The Morgan fingerprint density at radius 1 is 1.50 bits per heavy atom. The molecule has 16 heavy (non-hydrogen) atoms. The minimum absolute atomic E-state index is 0.183. The lowest BCUT2D eigenvalue weighted by Crippen LogP contribution is -2.38. The smallest absolute Gasteiger partial charge is 0.223 e. The molecule has 2 rings (SSSR count). The lowest BCUT2D eigenvalue weighted by Gasteiger charge is -2.19. The third-order valence-electron chi connectivity index (χ3n) is 4.12. The van der Waals surface area contributed by atoms with Crippen molar-refractivity contribution in [3.63, 3.8) is 0 Å².